The van der Waals surface area contributed by atoms with Gasteiger partial charge in [0.2, 0.25) is 0 Å². The Hall–Kier alpha value is -6.32. The second kappa shape index (κ2) is 25.5. The van der Waals surface area contributed by atoms with Crippen molar-refractivity contribution in [2.24, 2.45) is 0 Å². The van der Waals surface area contributed by atoms with Crippen molar-refractivity contribution in [1.82, 2.24) is 16.0 Å². The largest absolute Gasteiger partial charge is 0.493 e. The predicted molar refractivity (Wildman–Crippen MR) is 266 cm³/mol. The number of rotatable bonds is 22. The van der Waals surface area contributed by atoms with E-state index < -0.39 is 46.8 Å². The van der Waals surface area contributed by atoms with Crippen molar-refractivity contribution >= 4 is 18.3 Å². The molecule has 0 aliphatic heterocycles. The Kier molecular flexibility index (Phi) is 20.5. The predicted octanol–water partition coefficient (Wildman–Crippen LogP) is 13.1. The SMILES string of the molecule is CCCCOc1cc(OCCCNC(=O)OC(C)(C)C)cc(-c2cc(-c3cc(OCCCNC(=O)OC(C)(C)C)cc(OCCCNC(=O)OC(C)(C)C)c3)cc(-c3cc(C)cc(C(F)(F)F)c3)c2)c1. The lowest BCUT2D eigenvalue weighted by atomic mass is 9.91. The number of hydrogen-bond donors (Lipinski definition) is 3. The molecule has 3 N–H and O–H groups in total. The van der Waals surface area contributed by atoms with Crippen molar-refractivity contribution in [3.63, 3.8) is 0 Å². The van der Waals surface area contributed by atoms with Crippen LogP contribution in [0.2, 0.25) is 0 Å². The van der Waals surface area contributed by atoms with Gasteiger partial charge in [-0.2, -0.15) is 13.2 Å². The van der Waals surface area contributed by atoms with E-state index in [1.54, 1.807) is 87.4 Å². The summed E-state index contributed by atoms with van der Waals surface area (Å²) in [5.74, 6) is 1.93. The lowest BCUT2D eigenvalue weighted by Crippen LogP contribution is -2.33. The number of nitrogens with one attached hydrogen (secondary N) is 3. The molecule has 4 aromatic rings. The summed E-state index contributed by atoms with van der Waals surface area (Å²) in [4.78, 5) is 36.7. The van der Waals surface area contributed by atoms with Gasteiger partial charge in [-0.1, -0.05) is 19.4 Å². The number of alkyl halides is 3. The van der Waals surface area contributed by atoms with Gasteiger partial charge in [0, 0.05) is 31.8 Å². The van der Waals surface area contributed by atoms with Crippen LogP contribution in [0, 0.1) is 6.92 Å². The number of carbonyl (C=O) groups is 3. The molecule has 16 heteroatoms. The molecular formula is C54H72F3N3O10. The highest BCUT2D eigenvalue weighted by Crippen LogP contribution is 2.40. The summed E-state index contributed by atoms with van der Waals surface area (Å²) in [7, 11) is 0. The highest BCUT2D eigenvalue weighted by molar-refractivity contribution is 5.83. The minimum atomic E-state index is -4.58. The van der Waals surface area contributed by atoms with E-state index in [-0.39, 0.29) is 19.8 Å². The first kappa shape index (κ1) is 56.3. The number of benzene rings is 4. The third kappa shape index (κ3) is 21.1. The van der Waals surface area contributed by atoms with Crippen LogP contribution in [0.15, 0.2) is 72.8 Å². The standard InChI is InChI=1S/C54H72F3N3O10/c1-12-13-20-64-44-30-41(31-45(34-44)65-21-14-17-58-48(61)68-51(3,4)5)39-26-38(37-24-36(2)25-43(29-37)54(55,56)57)27-40(28-39)42-32-46(66-22-15-18-59-49(62)69-52(6,7)8)35-47(33-42)67-23-16-19-60-50(63)70-53(9,10)11/h24-35H,12-23H2,1-11H3,(H,58,61)(H,59,62)(H,60,63). The molecular weight excluding hydrogens is 908 g/mol. The Bertz CT molecular complexity index is 2290. The van der Waals surface area contributed by atoms with Crippen LogP contribution >= 0.6 is 0 Å². The van der Waals surface area contributed by atoms with Gasteiger partial charge in [-0.25, -0.2) is 14.4 Å². The maximum absolute atomic E-state index is 14.3. The van der Waals surface area contributed by atoms with Gasteiger partial charge in [-0.05, 0) is 188 Å². The number of aryl methyl sites for hydroxylation is 1. The van der Waals surface area contributed by atoms with Crippen molar-refractivity contribution in [3.05, 3.63) is 83.9 Å². The lowest BCUT2D eigenvalue weighted by molar-refractivity contribution is -0.137. The monoisotopic (exact) mass is 980 g/mol. The van der Waals surface area contributed by atoms with Gasteiger partial charge in [0.05, 0.1) is 32.0 Å². The number of carbonyl (C=O) groups excluding carboxylic acids is 3. The van der Waals surface area contributed by atoms with Gasteiger partial charge >= 0.3 is 24.5 Å². The van der Waals surface area contributed by atoms with Crippen molar-refractivity contribution < 1.29 is 60.7 Å². The first-order valence-electron chi connectivity index (χ1n) is 23.8. The molecule has 0 saturated heterocycles. The van der Waals surface area contributed by atoms with Crippen LogP contribution in [0.25, 0.3) is 33.4 Å². The van der Waals surface area contributed by atoms with Gasteiger partial charge in [-0.3, -0.25) is 0 Å². The maximum Gasteiger partial charge on any atom is 0.416 e. The molecule has 0 saturated carbocycles. The van der Waals surface area contributed by atoms with Crippen molar-refractivity contribution in [3.8, 4) is 56.4 Å². The number of halogens is 3. The topological polar surface area (TPSA) is 152 Å². The molecule has 13 nitrogen and oxygen atoms in total. The second-order valence-electron chi connectivity index (χ2n) is 19.9. The molecule has 4 aromatic carbocycles. The zero-order valence-electron chi connectivity index (χ0n) is 42.6. The fourth-order valence-electron chi connectivity index (χ4n) is 6.69. The van der Waals surface area contributed by atoms with E-state index in [1.807, 2.05) is 42.5 Å². The highest BCUT2D eigenvalue weighted by Gasteiger charge is 2.31. The molecule has 70 heavy (non-hydrogen) atoms. The molecule has 384 valence electrons. The van der Waals surface area contributed by atoms with Crippen molar-refractivity contribution in [2.75, 3.05) is 46.1 Å². The van der Waals surface area contributed by atoms with Crippen LogP contribution in [0.1, 0.15) is 112 Å². The molecule has 0 aliphatic rings. The Labute approximate surface area is 411 Å². The molecule has 4 rings (SSSR count). The van der Waals surface area contributed by atoms with E-state index in [2.05, 4.69) is 22.9 Å². The Morgan fingerprint density at radius 1 is 0.429 bits per heavy atom. The summed E-state index contributed by atoms with van der Waals surface area (Å²) >= 11 is 0. The van der Waals surface area contributed by atoms with Gasteiger partial charge in [0.1, 0.15) is 39.8 Å². The number of unbranched alkanes of at least 4 members (excludes halogenated alkanes) is 1. The fourth-order valence-corrected chi connectivity index (χ4v) is 6.69. The quantitative estimate of drug-likeness (QED) is 0.0513. The molecule has 0 spiro atoms. The van der Waals surface area contributed by atoms with Gasteiger partial charge in [-0.15, -0.1) is 0 Å². The minimum absolute atomic E-state index is 0.220. The Morgan fingerprint density at radius 3 is 1.03 bits per heavy atom. The summed E-state index contributed by atoms with van der Waals surface area (Å²) in [6.45, 7) is 21.8. The van der Waals surface area contributed by atoms with Crippen LogP contribution < -0.4 is 34.9 Å². The number of amides is 3. The zero-order chi connectivity index (χ0) is 51.7. The average molecular weight is 980 g/mol. The third-order valence-corrected chi connectivity index (χ3v) is 9.64. The first-order chi connectivity index (χ1) is 32.7. The van der Waals surface area contributed by atoms with Crippen LogP contribution in [-0.2, 0) is 20.4 Å². The van der Waals surface area contributed by atoms with Crippen molar-refractivity contribution in [2.45, 2.75) is 131 Å². The smallest absolute Gasteiger partial charge is 0.416 e. The van der Waals surface area contributed by atoms with Gasteiger partial charge < -0.3 is 49.1 Å². The number of ether oxygens (including phenoxy) is 7. The van der Waals surface area contributed by atoms with E-state index in [0.29, 0.717) is 107 Å². The zero-order valence-corrected chi connectivity index (χ0v) is 42.6. The minimum Gasteiger partial charge on any atom is -0.493 e. The third-order valence-electron chi connectivity index (χ3n) is 9.64. The summed E-state index contributed by atoms with van der Waals surface area (Å²) < 4.78 is 83.7. The number of alkyl carbamates (subject to hydrolysis) is 3. The van der Waals surface area contributed by atoms with E-state index >= 15 is 0 Å². The number of hydrogen-bond acceptors (Lipinski definition) is 10. The van der Waals surface area contributed by atoms with E-state index in [0.717, 1.165) is 25.0 Å². The second-order valence-corrected chi connectivity index (χ2v) is 19.9. The van der Waals surface area contributed by atoms with Crippen molar-refractivity contribution in [1.29, 1.82) is 0 Å². The summed E-state index contributed by atoms with van der Waals surface area (Å²) in [5, 5.41) is 8.20. The Balaban J connectivity index is 1.76. The lowest BCUT2D eigenvalue weighted by Gasteiger charge is -2.19. The van der Waals surface area contributed by atoms with Crippen LogP contribution in [0.4, 0.5) is 27.6 Å². The maximum atomic E-state index is 14.3. The summed E-state index contributed by atoms with van der Waals surface area (Å²) in [6.07, 6.45) is -3.08. The molecule has 0 bridgehead atoms. The average Bonchev–Trinajstić information content (AvgIpc) is 3.23. The normalized spacial score (nSPS) is 11.9. The van der Waals surface area contributed by atoms with Gasteiger partial charge in [0.25, 0.3) is 0 Å². The van der Waals surface area contributed by atoms with Crippen LogP contribution in [-0.4, -0.2) is 81.1 Å². The molecule has 0 radical (unpaired) electrons. The molecule has 0 heterocycles. The highest BCUT2D eigenvalue weighted by atomic mass is 19.4. The van der Waals surface area contributed by atoms with E-state index in [4.69, 9.17) is 33.2 Å². The molecule has 0 fully saturated rings. The molecule has 0 unspecified atom stereocenters. The van der Waals surface area contributed by atoms with Crippen LogP contribution in [0.5, 0.6) is 23.0 Å². The van der Waals surface area contributed by atoms with E-state index in [9.17, 15) is 27.6 Å². The van der Waals surface area contributed by atoms with Crippen LogP contribution in [0.3, 0.4) is 0 Å². The summed E-state index contributed by atoms with van der Waals surface area (Å²) in [5.41, 5.74) is 1.24. The van der Waals surface area contributed by atoms with Gasteiger partial charge in [0.15, 0.2) is 0 Å². The fraction of sp³-hybridized carbons (Fsp3) is 0.500. The molecule has 0 aliphatic carbocycles. The molecule has 0 aromatic heterocycles. The molecule has 3 amide bonds. The molecule has 0 atom stereocenters. The summed E-state index contributed by atoms with van der Waals surface area (Å²) in [6, 6.07) is 20.5. The Morgan fingerprint density at radius 2 is 0.729 bits per heavy atom. The first-order valence-corrected chi connectivity index (χ1v) is 23.8. The van der Waals surface area contributed by atoms with E-state index in [1.165, 1.54) is 0 Å².